The van der Waals surface area contributed by atoms with Gasteiger partial charge in [0.25, 0.3) is 0 Å². The van der Waals surface area contributed by atoms with E-state index < -0.39 is 0 Å². The molecule has 1 unspecified atom stereocenters. The molecule has 0 saturated heterocycles. The molecule has 0 bridgehead atoms. The molecule has 66 valence electrons. The molecule has 0 radical (unpaired) electrons. The quantitative estimate of drug-likeness (QED) is 0.601. The van der Waals surface area contributed by atoms with Crippen LogP contribution >= 0.6 is 11.6 Å². The summed E-state index contributed by atoms with van der Waals surface area (Å²) in [4.78, 5) is 0. The summed E-state index contributed by atoms with van der Waals surface area (Å²) in [5.41, 5.74) is -0.0275. The van der Waals surface area contributed by atoms with Crippen molar-refractivity contribution in [1.82, 2.24) is 0 Å². The van der Waals surface area contributed by atoms with Gasteiger partial charge in [-0.3, -0.25) is 0 Å². The normalized spacial score (nSPS) is 23.5. The average molecular weight is 177 g/mol. The molecule has 0 N–H and O–H groups in total. The van der Waals surface area contributed by atoms with Crippen molar-refractivity contribution < 1.29 is 4.74 Å². The predicted molar refractivity (Wildman–Crippen MR) is 47.8 cm³/mol. The highest BCUT2D eigenvalue weighted by Gasteiger charge is 2.21. The first kappa shape index (κ1) is 9.34. The zero-order valence-corrected chi connectivity index (χ0v) is 7.94. The monoisotopic (exact) mass is 176 g/mol. The Morgan fingerprint density at radius 3 is 2.55 bits per heavy atom. The van der Waals surface area contributed by atoms with Gasteiger partial charge in [0.1, 0.15) is 5.56 Å². The van der Waals surface area contributed by atoms with Crippen LogP contribution in [-0.4, -0.2) is 12.2 Å². The van der Waals surface area contributed by atoms with E-state index in [1.807, 2.05) is 6.92 Å². The van der Waals surface area contributed by atoms with Crippen molar-refractivity contribution in [1.29, 1.82) is 0 Å². The van der Waals surface area contributed by atoms with Gasteiger partial charge in [-0.2, -0.15) is 0 Å². The van der Waals surface area contributed by atoms with E-state index in [9.17, 15) is 0 Å². The van der Waals surface area contributed by atoms with E-state index in [0.717, 1.165) is 6.61 Å². The van der Waals surface area contributed by atoms with Gasteiger partial charge < -0.3 is 4.74 Å². The van der Waals surface area contributed by atoms with Crippen LogP contribution in [0.3, 0.4) is 0 Å². The molecule has 0 heterocycles. The van der Waals surface area contributed by atoms with Crippen molar-refractivity contribution >= 4 is 11.6 Å². The van der Waals surface area contributed by atoms with Crippen LogP contribution in [0, 0.1) is 5.92 Å². The fourth-order valence-corrected chi connectivity index (χ4v) is 2.07. The molecule has 1 nitrogen and oxygen atoms in total. The van der Waals surface area contributed by atoms with Crippen molar-refractivity contribution in [3.05, 3.63) is 0 Å². The van der Waals surface area contributed by atoms with E-state index in [4.69, 9.17) is 16.3 Å². The molecule has 1 aliphatic carbocycles. The van der Waals surface area contributed by atoms with Crippen LogP contribution in [-0.2, 0) is 4.74 Å². The highest BCUT2D eigenvalue weighted by Crippen LogP contribution is 2.29. The fraction of sp³-hybridized carbons (Fsp3) is 1.00. The minimum absolute atomic E-state index is 0.0275. The Bertz CT molecular complexity index is 99.7. The highest BCUT2D eigenvalue weighted by molar-refractivity contribution is 6.19. The van der Waals surface area contributed by atoms with E-state index >= 15 is 0 Å². The lowest BCUT2D eigenvalue weighted by Crippen LogP contribution is -2.20. The third-order valence-corrected chi connectivity index (χ3v) is 2.83. The summed E-state index contributed by atoms with van der Waals surface area (Å²) in [6.45, 7) is 2.74. The standard InChI is InChI=1S/C9H17ClO/c1-2-11-9(10)8-6-4-3-5-7-8/h8-9H,2-7H2,1H3. The van der Waals surface area contributed by atoms with Crippen LogP contribution in [0.5, 0.6) is 0 Å². The van der Waals surface area contributed by atoms with Gasteiger partial charge in [0.15, 0.2) is 0 Å². The van der Waals surface area contributed by atoms with E-state index in [2.05, 4.69) is 0 Å². The first-order valence-corrected chi connectivity index (χ1v) is 5.04. The van der Waals surface area contributed by atoms with Crippen LogP contribution in [0.1, 0.15) is 39.0 Å². The van der Waals surface area contributed by atoms with Gasteiger partial charge in [-0.1, -0.05) is 30.9 Å². The number of hydrogen-bond acceptors (Lipinski definition) is 1. The van der Waals surface area contributed by atoms with E-state index in [0.29, 0.717) is 5.92 Å². The Labute approximate surface area is 74.1 Å². The van der Waals surface area contributed by atoms with Crippen LogP contribution in [0.25, 0.3) is 0 Å². The molecule has 1 fully saturated rings. The Morgan fingerprint density at radius 1 is 1.36 bits per heavy atom. The van der Waals surface area contributed by atoms with Crippen LogP contribution < -0.4 is 0 Å². The predicted octanol–water partition coefficient (Wildman–Crippen LogP) is 3.17. The Hall–Kier alpha value is 0.250. The van der Waals surface area contributed by atoms with Gasteiger partial charge in [-0.15, -0.1) is 0 Å². The van der Waals surface area contributed by atoms with Crippen molar-refractivity contribution in [2.45, 2.75) is 44.6 Å². The van der Waals surface area contributed by atoms with Crippen molar-refractivity contribution in [3.8, 4) is 0 Å². The van der Waals surface area contributed by atoms with Gasteiger partial charge in [0, 0.05) is 6.61 Å². The lowest BCUT2D eigenvalue weighted by Gasteiger charge is -2.25. The van der Waals surface area contributed by atoms with Crippen LogP contribution in [0.2, 0.25) is 0 Å². The Balaban J connectivity index is 2.21. The topological polar surface area (TPSA) is 9.23 Å². The summed E-state index contributed by atoms with van der Waals surface area (Å²) in [6.07, 6.45) is 6.57. The number of ether oxygens (including phenoxy) is 1. The molecule has 1 saturated carbocycles. The summed E-state index contributed by atoms with van der Waals surface area (Å²) >= 11 is 6.04. The summed E-state index contributed by atoms with van der Waals surface area (Å²) in [5.74, 6) is 0.616. The second-order valence-electron chi connectivity index (χ2n) is 3.20. The van der Waals surface area contributed by atoms with Crippen LogP contribution in [0.15, 0.2) is 0 Å². The molecule has 0 aromatic heterocycles. The molecular weight excluding hydrogens is 160 g/mol. The molecular formula is C9H17ClO. The zero-order valence-electron chi connectivity index (χ0n) is 7.18. The van der Waals surface area contributed by atoms with Gasteiger partial charge in [0.05, 0.1) is 0 Å². The molecule has 2 heteroatoms. The molecule has 1 atom stereocenters. The van der Waals surface area contributed by atoms with Crippen LogP contribution in [0.4, 0.5) is 0 Å². The number of rotatable bonds is 3. The summed E-state index contributed by atoms with van der Waals surface area (Å²) in [6, 6.07) is 0. The molecule has 0 aliphatic heterocycles. The lowest BCUT2D eigenvalue weighted by molar-refractivity contribution is 0.0631. The largest absolute Gasteiger partial charge is 0.362 e. The summed E-state index contributed by atoms with van der Waals surface area (Å²) in [7, 11) is 0. The van der Waals surface area contributed by atoms with Gasteiger partial charge in [0.2, 0.25) is 0 Å². The minimum atomic E-state index is -0.0275. The van der Waals surface area contributed by atoms with Gasteiger partial charge >= 0.3 is 0 Å². The molecule has 0 aromatic rings. The van der Waals surface area contributed by atoms with E-state index in [1.54, 1.807) is 0 Å². The Kier molecular flexibility index (Phi) is 4.24. The van der Waals surface area contributed by atoms with Crippen molar-refractivity contribution in [2.24, 2.45) is 5.92 Å². The number of alkyl halides is 1. The van der Waals surface area contributed by atoms with Gasteiger partial charge in [-0.05, 0) is 25.7 Å². The third kappa shape index (κ3) is 3.00. The minimum Gasteiger partial charge on any atom is -0.362 e. The smallest absolute Gasteiger partial charge is 0.133 e. The van der Waals surface area contributed by atoms with E-state index in [1.165, 1.54) is 32.1 Å². The van der Waals surface area contributed by atoms with E-state index in [-0.39, 0.29) is 5.56 Å². The highest BCUT2D eigenvalue weighted by atomic mass is 35.5. The molecule has 0 aromatic carbocycles. The number of halogens is 1. The third-order valence-electron chi connectivity index (χ3n) is 2.35. The first-order chi connectivity index (χ1) is 5.34. The average Bonchev–Trinajstić information content (AvgIpc) is 2.07. The molecule has 11 heavy (non-hydrogen) atoms. The SMILES string of the molecule is CCOC(Cl)C1CCCCC1. The molecule has 1 aliphatic rings. The van der Waals surface area contributed by atoms with Gasteiger partial charge in [-0.25, -0.2) is 0 Å². The number of hydrogen-bond donors (Lipinski definition) is 0. The maximum absolute atomic E-state index is 6.04. The fourth-order valence-electron chi connectivity index (χ4n) is 1.69. The molecule has 1 rings (SSSR count). The second kappa shape index (κ2) is 5.00. The maximum Gasteiger partial charge on any atom is 0.133 e. The summed E-state index contributed by atoms with van der Waals surface area (Å²) in [5, 5.41) is 0. The molecule has 0 spiro atoms. The second-order valence-corrected chi connectivity index (χ2v) is 3.63. The maximum atomic E-state index is 6.04. The zero-order chi connectivity index (χ0) is 8.10. The lowest BCUT2D eigenvalue weighted by atomic mass is 9.90. The molecule has 0 amide bonds. The first-order valence-electron chi connectivity index (χ1n) is 4.60. The summed E-state index contributed by atoms with van der Waals surface area (Å²) < 4.78 is 5.35. The van der Waals surface area contributed by atoms with Crippen molar-refractivity contribution in [2.75, 3.05) is 6.61 Å². The van der Waals surface area contributed by atoms with Crippen molar-refractivity contribution in [3.63, 3.8) is 0 Å². The Morgan fingerprint density at radius 2 is 2.00 bits per heavy atom.